The van der Waals surface area contributed by atoms with Crippen LogP contribution in [-0.4, -0.2) is 26.9 Å². The molecule has 0 aliphatic carbocycles. The molecule has 1 aromatic heterocycles. The van der Waals surface area contributed by atoms with Crippen LogP contribution < -0.4 is 5.32 Å². The molecule has 8 heteroatoms. The summed E-state index contributed by atoms with van der Waals surface area (Å²) in [6.07, 6.45) is 0.156. The third kappa shape index (κ3) is 3.79. The lowest BCUT2D eigenvalue weighted by molar-refractivity contribution is -0.385. The van der Waals surface area contributed by atoms with Gasteiger partial charge in [-0.05, 0) is 25.5 Å². The third-order valence-electron chi connectivity index (χ3n) is 4.31. The van der Waals surface area contributed by atoms with Gasteiger partial charge in [-0.15, -0.1) is 0 Å². The van der Waals surface area contributed by atoms with Gasteiger partial charge in [0, 0.05) is 40.1 Å². The molecule has 0 atom stereocenters. The zero-order valence-corrected chi connectivity index (χ0v) is 14.5. The summed E-state index contributed by atoms with van der Waals surface area (Å²) in [6.45, 7) is 1.60. The molecule has 0 spiro atoms. The highest BCUT2D eigenvalue weighted by Gasteiger charge is 2.18. The average molecular weight is 367 g/mol. The maximum Gasteiger partial charge on any atom is 0.303 e. The van der Waals surface area contributed by atoms with E-state index in [2.05, 4.69) is 10.3 Å². The number of aromatic amines is 1. The number of hydrogen-bond donors (Lipinski definition) is 3. The van der Waals surface area contributed by atoms with Gasteiger partial charge in [-0.2, -0.15) is 0 Å². The van der Waals surface area contributed by atoms with Crippen molar-refractivity contribution in [2.45, 2.75) is 19.8 Å². The number of amides is 1. The molecule has 138 valence electrons. The number of nitro benzene ring substituents is 1. The Labute approximate surface area is 154 Å². The second-order valence-corrected chi connectivity index (χ2v) is 6.13. The summed E-state index contributed by atoms with van der Waals surface area (Å²) in [7, 11) is 0. The minimum Gasteiger partial charge on any atom is -0.481 e. The number of benzene rings is 2. The molecule has 2 aromatic carbocycles. The van der Waals surface area contributed by atoms with E-state index in [1.165, 1.54) is 18.2 Å². The number of carboxylic acids is 1. The van der Waals surface area contributed by atoms with E-state index < -0.39 is 16.8 Å². The molecule has 3 N–H and O–H groups in total. The molecule has 0 aliphatic heterocycles. The van der Waals surface area contributed by atoms with Crippen LogP contribution in [0.3, 0.4) is 0 Å². The molecule has 3 aromatic rings. The Bertz CT molecular complexity index is 1050. The smallest absolute Gasteiger partial charge is 0.303 e. The van der Waals surface area contributed by atoms with Gasteiger partial charge in [-0.3, -0.25) is 19.7 Å². The van der Waals surface area contributed by atoms with E-state index in [0.717, 1.165) is 10.9 Å². The maximum absolute atomic E-state index is 12.6. The molecular weight excluding hydrogens is 350 g/mol. The topological polar surface area (TPSA) is 125 Å². The molecule has 0 radical (unpaired) electrons. The summed E-state index contributed by atoms with van der Waals surface area (Å²) < 4.78 is 0. The number of carbonyl (C=O) groups excluding carboxylic acids is 1. The molecule has 27 heavy (non-hydrogen) atoms. The van der Waals surface area contributed by atoms with Crippen molar-refractivity contribution in [2.75, 3.05) is 5.32 Å². The lowest BCUT2D eigenvalue weighted by atomic mass is 10.1. The van der Waals surface area contributed by atoms with Gasteiger partial charge in [0.15, 0.2) is 0 Å². The highest BCUT2D eigenvalue weighted by molar-refractivity contribution is 6.06. The van der Waals surface area contributed by atoms with Crippen molar-refractivity contribution in [3.63, 3.8) is 0 Å². The number of nitrogens with one attached hydrogen (secondary N) is 2. The largest absolute Gasteiger partial charge is 0.481 e. The van der Waals surface area contributed by atoms with Crippen LogP contribution in [0.4, 0.5) is 11.5 Å². The van der Waals surface area contributed by atoms with Crippen molar-refractivity contribution in [2.24, 2.45) is 0 Å². The van der Waals surface area contributed by atoms with E-state index >= 15 is 0 Å². The fourth-order valence-electron chi connectivity index (χ4n) is 2.93. The van der Waals surface area contributed by atoms with Gasteiger partial charge in [0.2, 0.25) is 0 Å². The Morgan fingerprint density at radius 1 is 1.22 bits per heavy atom. The number of aliphatic carboxylic acids is 1. The Morgan fingerprint density at radius 3 is 2.67 bits per heavy atom. The Hall–Kier alpha value is -3.68. The van der Waals surface area contributed by atoms with Crippen molar-refractivity contribution < 1.29 is 19.6 Å². The predicted molar refractivity (Wildman–Crippen MR) is 100 cm³/mol. The van der Waals surface area contributed by atoms with Crippen LogP contribution in [0, 0.1) is 17.0 Å². The fourth-order valence-corrected chi connectivity index (χ4v) is 2.93. The number of nitrogens with zero attached hydrogens (tertiary/aromatic N) is 1. The first-order valence-electron chi connectivity index (χ1n) is 8.24. The molecule has 3 rings (SSSR count). The SMILES string of the molecule is Cc1ccc(C(=O)Nc2[nH]c3ccccc3c2CCC(=O)O)cc1[N+](=O)[O-]. The van der Waals surface area contributed by atoms with Gasteiger partial charge in [0.25, 0.3) is 11.6 Å². The van der Waals surface area contributed by atoms with Gasteiger partial charge >= 0.3 is 5.97 Å². The third-order valence-corrected chi connectivity index (χ3v) is 4.31. The van der Waals surface area contributed by atoms with E-state index in [1.54, 1.807) is 6.92 Å². The number of para-hydroxylation sites is 1. The molecule has 0 saturated heterocycles. The second kappa shape index (κ2) is 7.28. The zero-order chi connectivity index (χ0) is 19.6. The van der Waals surface area contributed by atoms with Crippen molar-refractivity contribution in [1.29, 1.82) is 0 Å². The van der Waals surface area contributed by atoms with Crippen LogP contribution in [-0.2, 0) is 11.2 Å². The summed E-state index contributed by atoms with van der Waals surface area (Å²) in [5, 5.41) is 23.6. The number of H-pyrrole nitrogens is 1. The number of carboxylic acid groups (broad SMARTS) is 1. The lowest BCUT2D eigenvalue weighted by Gasteiger charge is -2.07. The predicted octanol–water partition coefficient (Wildman–Crippen LogP) is 3.65. The normalized spacial score (nSPS) is 10.7. The minimum atomic E-state index is -0.938. The van der Waals surface area contributed by atoms with Crippen LogP contribution in [0.5, 0.6) is 0 Å². The molecule has 0 fully saturated rings. The minimum absolute atomic E-state index is 0.0826. The Kier molecular flexibility index (Phi) is 4.89. The standard InChI is InChI=1S/C19H17N3O5/c1-11-6-7-12(10-16(11)22(26)27)19(25)21-18-14(8-9-17(23)24)13-4-2-3-5-15(13)20-18/h2-7,10,20H,8-9H2,1H3,(H,21,25)(H,23,24). The maximum atomic E-state index is 12.6. The molecule has 0 aliphatic rings. The highest BCUT2D eigenvalue weighted by atomic mass is 16.6. The Balaban J connectivity index is 1.95. The van der Waals surface area contributed by atoms with Crippen molar-refractivity contribution in [3.05, 3.63) is 69.3 Å². The van der Waals surface area contributed by atoms with Crippen LogP contribution >= 0.6 is 0 Å². The molecule has 1 heterocycles. The number of carbonyl (C=O) groups is 2. The fraction of sp³-hybridized carbons (Fsp3) is 0.158. The van der Waals surface area contributed by atoms with Crippen molar-refractivity contribution in [1.82, 2.24) is 4.98 Å². The molecule has 1 amide bonds. The first-order valence-corrected chi connectivity index (χ1v) is 8.24. The van der Waals surface area contributed by atoms with Gasteiger partial charge in [-0.1, -0.05) is 24.3 Å². The first kappa shape index (κ1) is 18.1. The summed E-state index contributed by atoms with van der Waals surface area (Å²) in [4.78, 5) is 37.2. The van der Waals surface area contributed by atoms with Gasteiger partial charge < -0.3 is 15.4 Å². The first-order chi connectivity index (χ1) is 12.9. The number of rotatable bonds is 6. The highest BCUT2D eigenvalue weighted by Crippen LogP contribution is 2.28. The van der Waals surface area contributed by atoms with Gasteiger partial charge in [0.1, 0.15) is 5.82 Å². The van der Waals surface area contributed by atoms with Crippen LogP contribution in [0.15, 0.2) is 42.5 Å². The monoisotopic (exact) mass is 367 g/mol. The number of aryl methyl sites for hydroxylation is 2. The molecule has 0 saturated carbocycles. The molecule has 0 unspecified atom stereocenters. The molecule has 0 bridgehead atoms. The quantitative estimate of drug-likeness (QED) is 0.453. The summed E-state index contributed by atoms with van der Waals surface area (Å²) >= 11 is 0. The summed E-state index contributed by atoms with van der Waals surface area (Å²) in [5.74, 6) is -1.06. The van der Waals surface area contributed by atoms with Crippen molar-refractivity contribution in [3.8, 4) is 0 Å². The van der Waals surface area contributed by atoms with Crippen LogP contribution in [0.2, 0.25) is 0 Å². The lowest BCUT2D eigenvalue weighted by Crippen LogP contribution is -2.14. The zero-order valence-electron chi connectivity index (χ0n) is 14.5. The number of fused-ring (bicyclic) bond motifs is 1. The van der Waals surface area contributed by atoms with Crippen LogP contribution in [0.25, 0.3) is 10.9 Å². The average Bonchev–Trinajstić information content (AvgIpc) is 2.97. The van der Waals surface area contributed by atoms with Crippen molar-refractivity contribution >= 4 is 34.3 Å². The number of hydrogen-bond acceptors (Lipinski definition) is 4. The van der Waals surface area contributed by atoms with Gasteiger partial charge in [-0.25, -0.2) is 0 Å². The number of anilines is 1. The molecule has 8 nitrogen and oxygen atoms in total. The van der Waals surface area contributed by atoms with E-state index in [4.69, 9.17) is 5.11 Å². The second-order valence-electron chi connectivity index (χ2n) is 6.13. The van der Waals surface area contributed by atoms with Gasteiger partial charge in [0.05, 0.1) is 4.92 Å². The number of nitro groups is 1. The summed E-state index contributed by atoms with van der Waals surface area (Å²) in [5.41, 5.74) is 1.93. The van der Waals surface area contributed by atoms with E-state index in [9.17, 15) is 19.7 Å². The van der Waals surface area contributed by atoms with Crippen LogP contribution in [0.1, 0.15) is 27.9 Å². The summed E-state index contributed by atoms with van der Waals surface area (Å²) in [6, 6.07) is 11.6. The Morgan fingerprint density at radius 2 is 1.96 bits per heavy atom. The van der Waals surface area contributed by atoms with E-state index in [0.29, 0.717) is 16.9 Å². The van der Waals surface area contributed by atoms with E-state index in [1.807, 2.05) is 24.3 Å². The number of aromatic nitrogens is 1. The molecular formula is C19H17N3O5. The van der Waals surface area contributed by atoms with E-state index in [-0.39, 0.29) is 24.1 Å².